The molecule has 2 aliphatic rings. The number of carbonyl (C=O) groups is 3. The van der Waals surface area contributed by atoms with Gasteiger partial charge in [0, 0.05) is 47.7 Å². The average Bonchev–Trinajstić information content (AvgIpc) is 3.25. The Labute approximate surface area is 330 Å². The van der Waals surface area contributed by atoms with E-state index in [9.17, 15) is 14.4 Å². The van der Waals surface area contributed by atoms with E-state index in [1.807, 2.05) is 24.3 Å². The highest BCUT2D eigenvalue weighted by atomic mass is 16.2. The zero-order valence-corrected chi connectivity index (χ0v) is 33.5. The van der Waals surface area contributed by atoms with E-state index in [0.717, 1.165) is 136 Å². The van der Waals surface area contributed by atoms with Crippen LogP contribution in [0, 0.1) is 0 Å². The normalized spacial score (nSPS) is 18.6. The fraction of sp³-hybridized carbons (Fsp3) is 0.543. The highest BCUT2D eigenvalue weighted by molar-refractivity contribution is 5.92. The molecule has 300 valence electrons. The second-order valence-corrected chi connectivity index (χ2v) is 15.4. The maximum atomic E-state index is 13.4. The van der Waals surface area contributed by atoms with E-state index in [-0.39, 0.29) is 23.6 Å². The number of unbranched alkanes of at least 4 members (excludes halogenated alkanes) is 12. The fourth-order valence-electron chi connectivity index (χ4n) is 8.13. The first-order valence-electron chi connectivity index (χ1n) is 21.1. The lowest BCUT2D eigenvalue weighted by molar-refractivity contribution is -0.120. The zero-order valence-electron chi connectivity index (χ0n) is 33.5. The third-order valence-corrected chi connectivity index (χ3v) is 11.2. The van der Waals surface area contributed by atoms with Crippen molar-refractivity contribution < 1.29 is 14.4 Å². The lowest BCUT2D eigenvalue weighted by Crippen LogP contribution is -2.35. The second kappa shape index (κ2) is 23.1. The van der Waals surface area contributed by atoms with Gasteiger partial charge in [0.15, 0.2) is 0 Å². The maximum absolute atomic E-state index is 13.4. The Kier molecular flexibility index (Phi) is 18.4. The van der Waals surface area contributed by atoms with E-state index >= 15 is 0 Å². The Morgan fingerprint density at radius 1 is 0.582 bits per heavy atom. The summed E-state index contributed by atoms with van der Waals surface area (Å²) in [5, 5.41) is 9.60. The molecule has 2 bridgehead atoms. The number of hydrogen-bond acceptors (Lipinski definition) is 6. The molecule has 0 aromatic heterocycles. The van der Waals surface area contributed by atoms with Gasteiger partial charge in [-0.2, -0.15) is 0 Å². The van der Waals surface area contributed by atoms with Crippen molar-refractivity contribution in [3.8, 4) is 0 Å². The first kappa shape index (κ1) is 43.7. The molecule has 0 saturated heterocycles. The standard InChI is InChI=1S/C46H68N6O3/c1-3-46-33-37(52-44(55)21-15-9-6-12-18-30-49)23-22-34(2)45(38-26-24-35(31-40(38)46)50-42(53)19-13-7-4-10-16-28-47)39-27-25-36(32-41(39)46)51-43(54)20-14-8-5-11-17-29-48/h22-27,31-33,45H,2-21,28-30,47-49H2,1H3,(H,50,53)(H,51,54)(H,52,55)/b23-22-,37-33+. The number of fused-ring (bicyclic) bond motifs is 3. The van der Waals surface area contributed by atoms with Gasteiger partial charge in [-0.1, -0.05) is 89.5 Å². The van der Waals surface area contributed by atoms with Crippen LogP contribution >= 0.6 is 0 Å². The summed E-state index contributed by atoms with van der Waals surface area (Å²) in [6.45, 7) is 8.83. The Hall–Kier alpha value is -4.05. The molecule has 0 unspecified atom stereocenters. The third-order valence-electron chi connectivity index (χ3n) is 11.2. The van der Waals surface area contributed by atoms with E-state index in [4.69, 9.17) is 17.2 Å². The molecule has 0 fully saturated rings. The van der Waals surface area contributed by atoms with Crippen molar-refractivity contribution in [3.05, 3.63) is 94.7 Å². The predicted molar refractivity (Wildman–Crippen MR) is 228 cm³/mol. The molecular weight excluding hydrogens is 685 g/mol. The fourth-order valence-corrected chi connectivity index (χ4v) is 8.13. The Balaban J connectivity index is 1.67. The average molecular weight is 753 g/mol. The molecule has 9 N–H and O–H groups in total. The maximum Gasteiger partial charge on any atom is 0.224 e. The molecule has 0 aliphatic heterocycles. The number of carbonyl (C=O) groups excluding carboxylic acids is 3. The molecule has 9 heteroatoms. The smallest absolute Gasteiger partial charge is 0.224 e. The first-order valence-corrected chi connectivity index (χ1v) is 21.1. The zero-order chi connectivity index (χ0) is 39.5. The second-order valence-electron chi connectivity index (χ2n) is 15.4. The van der Waals surface area contributed by atoms with Crippen molar-refractivity contribution in [1.82, 2.24) is 5.32 Å². The van der Waals surface area contributed by atoms with Gasteiger partial charge < -0.3 is 33.2 Å². The number of nitrogens with two attached hydrogens (primary N) is 3. The summed E-state index contributed by atoms with van der Waals surface area (Å²) < 4.78 is 0. The summed E-state index contributed by atoms with van der Waals surface area (Å²) in [5.41, 5.74) is 23.7. The summed E-state index contributed by atoms with van der Waals surface area (Å²) in [4.78, 5) is 39.7. The lowest BCUT2D eigenvalue weighted by atomic mass is 9.61. The van der Waals surface area contributed by atoms with Gasteiger partial charge in [-0.15, -0.1) is 0 Å². The molecule has 0 heterocycles. The van der Waals surface area contributed by atoms with Gasteiger partial charge in [-0.05, 0) is 129 Å². The number of benzene rings is 2. The topological polar surface area (TPSA) is 165 Å². The van der Waals surface area contributed by atoms with E-state index in [1.54, 1.807) is 0 Å². The summed E-state index contributed by atoms with van der Waals surface area (Å²) in [6, 6.07) is 12.5. The molecule has 55 heavy (non-hydrogen) atoms. The molecule has 2 aliphatic carbocycles. The third kappa shape index (κ3) is 12.7. The van der Waals surface area contributed by atoms with Crippen molar-refractivity contribution >= 4 is 29.1 Å². The van der Waals surface area contributed by atoms with E-state index in [1.165, 1.54) is 0 Å². The molecule has 2 aromatic carbocycles. The summed E-state index contributed by atoms with van der Waals surface area (Å²) >= 11 is 0. The van der Waals surface area contributed by atoms with Gasteiger partial charge >= 0.3 is 0 Å². The van der Waals surface area contributed by atoms with Crippen molar-refractivity contribution in [2.75, 3.05) is 30.3 Å². The van der Waals surface area contributed by atoms with Gasteiger partial charge in [0.05, 0.1) is 0 Å². The number of nitrogens with one attached hydrogen (secondary N) is 3. The number of allylic oxidation sites excluding steroid dienone is 4. The van der Waals surface area contributed by atoms with Crippen LogP contribution in [0.2, 0.25) is 0 Å². The van der Waals surface area contributed by atoms with Crippen LogP contribution in [-0.2, 0) is 19.8 Å². The van der Waals surface area contributed by atoms with Gasteiger partial charge in [-0.25, -0.2) is 0 Å². The van der Waals surface area contributed by atoms with E-state index in [2.05, 4.69) is 59.8 Å². The molecule has 0 radical (unpaired) electrons. The number of hydrogen-bond donors (Lipinski definition) is 6. The van der Waals surface area contributed by atoms with Crippen molar-refractivity contribution in [1.29, 1.82) is 0 Å². The van der Waals surface area contributed by atoms with Crippen molar-refractivity contribution in [2.24, 2.45) is 17.2 Å². The molecule has 0 saturated carbocycles. The highest BCUT2D eigenvalue weighted by Crippen LogP contribution is 2.54. The molecule has 3 amide bonds. The van der Waals surface area contributed by atoms with Crippen molar-refractivity contribution in [2.45, 2.75) is 140 Å². The molecule has 0 atom stereocenters. The number of anilines is 2. The number of rotatable bonds is 25. The van der Waals surface area contributed by atoms with E-state index in [0.29, 0.717) is 51.0 Å². The largest absolute Gasteiger partial charge is 0.330 e. The summed E-state index contributed by atoms with van der Waals surface area (Å²) in [7, 11) is 0. The van der Waals surface area contributed by atoms with Crippen LogP contribution in [0.1, 0.15) is 157 Å². The Bertz CT molecular complexity index is 1560. The first-order chi connectivity index (χ1) is 26.8. The van der Waals surface area contributed by atoms with Gasteiger partial charge in [0.25, 0.3) is 0 Å². The number of amides is 3. The minimum absolute atomic E-state index is 0.0000681. The minimum Gasteiger partial charge on any atom is -0.330 e. The van der Waals surface area contributed by atoms with Gasteiger partial charge in [0.1, 0.15) is 0 Å². The Morgan fingerprint density at radius 3 is 1.40 bits per heavy atom. The predicted octanol–water partition coefficient (Wildman–Crippen LogP) is 8.73. The van der Waals surface area contributed by atoms with Crippen LogP contribution in [0.15, 0.2) is 72.5 Å². The molecule has 0 spiro atoms. The van der Waals surface area contributed by atoms with Crippen LogP contribution < -0.4 is 33.2 Å². The molecule has 4 rings (SSSR count). The van der Waals surface area contributed by atoms with Gasteiger partial charge in [-0.3, -0.25) is 14.4 Å². The SMILES string of the molecule is C=C1/C=C\C(NC(=O)CCCCCCCN)=C/C2(CC)c3cc(NC(=O)CCCCCCCN)ccc3C1c1ccc(NC(=O)CCCCCCCN)cc12. The quantitative estimate of drug-likeness (QED) is 0.0555. The van der Waals surface area contributed by atoms with Crippen LogP contribution in [0.4, 0.5) is 11.4 Å². The van der Waals surface area contributed by atoms with Crippen molar-refractivity contribution in [3.63, 3.8) is 0 Å². The van der Waals surface area contributed by atoms with Crippen LogP contribution in [0.25, 0.3) is 0 Å². The van der Waals surface area contributed by atoms with Crippen LogP contribution in [-0.4, -0.2) is 37.4 Å². The van der Waals surface area contributed by atoms with Gasteiger partial charge in [0.2, 0.25) is 17.7 Å². The highest BCUT2D eigenvalue weighted by Gasteiger charge is 2.43. The van der Waals surface area contributed by atoms with Crippen LogP contribution in [0.5, 0.6) is 0 Å². The Morgan fingerprint density at radius 2 is 0.982 bits per heavy atom. The summed E-state index contributed by atoms with van der Waals surface area (Å²) in [5.74, 6) is -0.164. The lowest BCUT2D eigenvalue weighted by Gasteiger charge is -2.42. The molecular formula is C46H68N6O3. The summed E-state index contributed by atoms with van der Waals surface area (Å²) in [6.07, 6.45) is 23.3. The minimum atomic E-state index is -0.672. The van der Waals surface area contributed by atoms with E-state index < -0.39 is 5.41 Å². The monoisotopic (exact) mass is 753 g/mol. The molecule has 2 aromatic rings. The molecule has 9 nitrogen and oxygen atoms in total. The van der Waals surface area contributed by atoms with Crippen LogP contribution in [0.3, 0.4) is 0 Å².